The third kappa shape index (κ3) is 5.46. The molecule has 1 aromatic carbocycles. The highest BCUT2D eigenvalue weighted by Gasteiger charge is 2.37. The van der Waals surface area contributed by atoms with E-state index < -0.39 is 11.7 Å². The van der Waals surface area contributed by atoms with E-state index in [1.54, 1.807) is 19.2 Å². The summed E-state index contributed by atoms with van der Waals surface area (Å²) in [6, 6.07) is 7.13. The molecule has 2 aromatic rings. The van der Waals surface area contributed by atoms with E-state index in [2.05, 4.69) is 39.5 Å². The summed E-state index contributed by atoms with van der Waals surface area (Å²) < 4.78 is 46.5. The van der Waals surface area contributed by atoms with Gasteiger partial charge in [-0.3, -0.25) is 0 Å². The molecule has 0 bridgehead atoms. The average molecular weight is 479 g/mol. The minimum absolute atomic E-state index is 0.0395. The van der Waals surface area contributed by atoms with E-state index in [-0.39, 0.29) is 11.8 Å². The van der Waals surface area contributed by atoms with Crippen molar-refractivity contribution in [1.82, 2.24) is 9.97 Å². The molecule has 0 aliphatic heterocycles. The molecule has 0 saturated heterocycles. The second kappa shape index (κ2) is 9.38. The summed E-state index contributed by atoms with van der Waals surface area (Å²) in [5.74, 6) is -0.222. The monoisotopic (exact) mass is 479 g/mol. The van der Waals surface area contributed by atoms with Gasteiger partial charge in [-0.1, -0.05) is 38.3 Å². The van der Waals surface area contributed by atoms with Gasteiger partial charge in [0.05, 0.1) is 12.3 Å². The van der Waals surface area contributed by atoms with Gasteiger partial charge in [-0.2, -0.15) is 18.2 Å². The van der Waals surface area contributed by atoms with Crippen molar-refractivity contribution in [2.45, 2.75) is 38.8 Å². The van der Waals surface area contributed by atoms with Crippen molar-refractivity contribution in [3.05, 3.63) is 39.6 Å². The van der Waals surface area contributed by atoms with E-state index in [0.29, 0.717) is 12.3 Å². The summed E-state index contributed by atoms with van der Waals surface area (Å²) in [4.78, 5) is 9.20. The fraction of sp³-hybridized carbons (Fsp3) is 0.444. The Morgan fingerprint density at radius 1 is 1.15 bits per heavy atom. The second-order valence-corrected chi connectivity index (χ2v) is 6.97. The summed E-state index contributed by atoms with van der Waals surface area (Å²) in [6.07, 6.45) is 0.255. The van der Waals surface area contributed by atoms with Gasteiger partial charge in [-0.25, -0.2) is 4.98 Å². The Labute approximate surface area is 164 Å². The molecule has 26 heavy (non-hydrogen) atoms. The largest absolute Gasteiger partial charge is 0.463 e. The Hall–Kier alpha value is -1.58. The first-order valence-electron chi connectivity index (χ1n) is 8.40. The maximum absolute atomic E-state index is 13.4. The van der Waals surface area contributed by atoms with Crippen molar-refractivity contribution < 1.29 is 17.9 Å². The summed E-state index contributed by atoms with van der Waals surface area (Å²) >= 11 is 2.08. The number of para-hydroxylation sites is 1. The Morgan fingerprint density at radius 2 is 1.88 bits per heavy atom. The number of hydrogen-bond acceptors (Lipinski definition) is 4. The second-order valence-electron chi connectivity index (χ2n) is 5.81. The van der Waals surface area contributed by atoms with Crippen LogP contribution < -0.4 is 9.64 Å². The zero-order valence-electron chi connectivity index (χ0n) is 14.7. The maximum atomic E-state index is 13.4. The van der Waals surface area contributed by atoms with Gasteiger partial charge in [-0.15, -0.1) is 0 Å². The first-order valence-corrected chi connectivity index (χ1v) is 9.47. The van der Waals surface area contributed by atoms with Crippen LogP contribution in [0, 0.1) is 3.57 Å². The molecule has 0 spiro atoms. The lowest BCUT2D eigenvalue weighted by Gasteiger charge is -2.23. The fourth-order valence-corrected chi connectivity index (χ4v) is 3.16. The fourth-order valence-electron chi connectivity index (χ4n) is 2.41. The van der Waals surface area contributed by atoms with Gasteiger partial charge < -0.3 is 9.64 Å². The minimum atomic E-state index is -4.55. The molecule has 2 rings (SSSR count). The lowest BCUT2D eigenvalue weighted by Crippen LogP contribution is -2.20. The number of nitrogens with zero attached hydrogens (tertiary/aromatic N) is 3. The quantitative estimate of drug-likeness (QED) is 0.353. The number of ether oxygens (including phenoxy) is 1. The van der Waals surface area contributed by atoms with E-state index in [9.17, 15) is 13.2 Å². The lowest BCUT2D eigenvalue weighted by atomic mass is 10.2. The van der Waals surface area contributed by atoms with Crippen LogP contribution in [0.5, 0.6) is 6.01 Å². The molecule has 0 fully saturated rings. The molecule has 0 aliphatic rings. The number of aromatic nitrogens is 2. The SMILES string of the molecule is CCCCCCOc1ncc(C(F)(F)F)c(N(C)c2ccccc2I)n1. The van der Waals surface area contributed by atoms with Crippen molar-refractivity contribution >= 4 is 34.1 Å². The molecule has 0 saturated carbocycles. The molecule has 0 N–H and O–H groups in total. The summed E-state index contributed by atoms with van der Waals surface area (Å²) in [6.45, 7) is 2.49. The summed E-state index contributed by atoms with van der Waals surface area (Å²) in [5, 5.41) is 0. The van der Waals surface area contributed by atoms with Crippen LogP contribution in [-0.2, 0) is 6.18 Å². The van der Waals surface area contributed by atoms with Crippen molar-refractivity contribution in [1.29, 1.82) is 0 Å². The van der Waals surface area contributed by atoms with Crippen molar-refractivity contribution in [2.75, 3.05) is 18.6 Å². The standard InChI is InChI=1S/C18H21F3IN3O/c1-3-4-5-8-11-26-17-23-12-13(18(19,20)21)16(24-17)25(2)15-10-7-6-9-14(15)22/h6-7,9-10,12H,3-5,8,11H2,1-2H3. The third-order valence-electron chi connectivity index (χ3n) is 3.81. The number of hydrogen-bond donors (Lipinski definition) is 0. The lowest BCUT2D eigenvalue weighted by molar-refractivity contribution is -0.137. The van der Waals surface area contributed by atoms with Gasteiger partial charge in [0.25, 0.3) is 0 Å². The molecule has 1 heterocycles. The van der Waals surface area contributed by atoms with Crippen molar-refractivity contribution in [3.8, 4) is 6.01 Å². The van der Waals surface area contributed by atoms with Gasteiger partial charge in [0.1, 0.15) is 5.56 Å². The zero-order valence-corrected chi connectivity index (χ0v) is 16.8. The van der Waals surface area contributed by atoms with Crippen LogP contribution >= 0.6 is 22.6 Å². The van der Waals surface area contributed by atoms with Gasteiger partial charge in [0.15, 0.2) is 5.82 Å². The van der Waals surface area contributed by atoms with E-state index in [1.807, 2.05) is 12.1 Å². The maximum Gasteiger partial charge on any atom is 0.421 e. The molecule has 0 radical (unpaired) electrons. The molecule has 4 nitrogen and oxygen atoms in total. The predicted molar refractivity (Wildman–Crippen MR) is 104 cm³/mol. The number of anilines is 2. The van der Waals surface area contributed by atoms with Crippen LogP contribution in [0.1, 0.15) is 38.2 Å². The van der Waals surface area contributed by atoms with Gasteiger partial charge >= 0.3 is 12.2 Å². The molecular formula is C18H21F3IN3O. The Kier molecular flexibility index (Phi) is 7.48. The van der Waals surface area contributed by atoms with Gasteiger partial charge in [-0.05, 0) is 41.1 Å². The molecule has 0 amide bonds. The Bertz CT molecular complexity index is 725. The number of benzene rings is 1. The molecule has 1 aromatic heterocycles. The van der Waals surface area contributed by atoms with E-state index in [0.717, 1.165) is 35.5 Å². The molecule has 0 aliphatic carbocycles. The van der Waals surface area contributed by atoms with Crippen molar-refractivity contribution in [3.63, 3.8) is 0 Å². The first kappa shape index (κ1) is 20.7. The molecule has 142 valence electrons. The predicted octanol–water partition coefficient (Wildman–Crippen LogP) is 5.83. The molecule has 0 unspecified atom stereocenters. The van der Waals surface area contributed by atoms with Crippen LogP contribution in [0.3, 0.4) is 0 Å². The van der Waals surface area contributed by atoms with Crippen LogP contribution in [0.25, 0.3) is 0 Å². The molecular weight excluding hydrogens is 458 g/mol. The summed E-state index contributed by atoms with van der Waals surface area (Å²) in [7, 11) is 1.56. The number of rotatable bonds is 8. The van der Waals surface area contributed by atoms with E-state index in [1.165, 1.54) is 4.90 Å². The highest BCUT2D eigenvalue weighted by molar-refractivity contribution is 14.1. The minimum Gasteiger partial charge on any atom is -0.463 e. The Morgan fingerprint density at radius 3 is 2.54 bits per heavy atom. The highest BCUT2D eigenvalue weighted by atomic mass is 127. The zero-order chi connectivity index (χ0) is 19.2. The van der Waals surface area contributed by atoms with E-state index in [4.69, 9.17) is 4.74 Å². The molecule has 0 atom stereocenters. The van der Waals surface area contributed by atoms with E-state index >= 15 is 0 Å². The Balaban J connectivity index is 2.28. The van der Waals surface area contributed by atoms with Crippen LogP contribution in [0.15, 0.2) is 30.5 Å². The third-order valence-corrected chi connectivity index (χ3v) is 4.72. The van der Waals surface area contributed by atoms with Gasteiger partial charge in [0.2, 0.25) is 0 Å². The van der Waals surface area contributed by atoms with Crippen LogP contribution in [-0.4, -0.2) is 23.6 Å². The van der Waals surface area contributed by atoms with Gasteiger partial charge in [0, 0.05) is 16.8 Å². The first-order chi connectivity index (χ1) is 12.3. The summed E-state index contributed by atoms with van der Waals surface area (Å²) in [5.41, 5.74) is -0.260. The van der Waals surface area contributed by atoms with Crippen molar-refractivity contribution in [2.24, 2.45) is 0 Å². The number of halogens is 4. The molecule has 8 heteroatoms. The normalized spacial score (nSPS) is 11.5. The van der Waals surface area contributed by atoms with Crippen LogP contribution in [0.4, 0.5) is 24.7 Å². The van der Waals surface area contributed by atoms with Crippen LogP contribution in [0.2, 0.25) is 0 Å². The average Bonchev–Trinajstić information content (AvgIpc) is 2.60. The smallest absolute Gasteiger partial charge is 0.421 e. The number of alkyl halides is 3. The highest BCUT2D eigenvalue weighted by Crippen LogP contribution is 2.38. The number of unbranched alkanes of at least 4 members (excludes halogenated alkanes) is 3. The topological polar surface area (TPSA) is 38.2 Å².